The second-order valence-electron chi connectivity index (χ2n) is 11.1. The minimum atomic E-state index is -2.56. The van der Waals surface area contributed by atoms with Crippen LogP contribution >= 0.6 is 0 Å². The van der Waals surface area contributed by atoms with Crippen LogP contribution < -0.4 is 10.4 Å². The van der Waals surface area contributed by atoms with E-state index in [1.54, 1.807) is 0 Å². The lowest BCUT2D eigenvalue weighted by atomic mass is 10.1. The van der Waals surface area contributed by atoms with E-state index < -0.39 is 13.9 Å². The molecule has 0 N–H and O–H groups in total. The molecule has 2 unspecified atom stereocenters. The molecule has 4 nitrogen and oxygen atoms in total. The molecule has 174 valence electrons. The third-order valence-electron chi connectivity index (χ3n) is 6.27. The fraction of sp³-hybridized carbons (Fsp3) is 0.519. The van der Waals surface area contributed by atoms with Crippen LogP contribution in [0.3, 0.4) is 0 Å². The van der Waals surface area contributed by atoms with Gasteiger partial charge >= 0.3 is 5.97 Å². The maximum absolute atomic E-state index is 12.7. The number of benzene rings is 2. The summed E-state index contributed by atoms with van der Waals surface area (Å²) in [4.78, 5) is 14.8. The van der Waals surface area contributed by atoms with Crippen molar-refractivity contribution in [2.75, 3.05) is 20.2 Å². The van der Waals surface area contributed by atoms with E-state index in [9.17, 15) is 4.79 Å². The van der Waals surface area contributed by atoms with Crippen LogP contribution in [0.15, 0.2) is 60.7 Å². The van der Waals surface area contributed by atoms with Crippen LogP contribution in [0.4, 0.5) is 0 Å². The lowest BCUT2D eigenvalue weighted by molar-refractivity contribution is -0.159. The molecule has 3 rings (SSSR count). The van der Waals surface area contributed by atoms with Crippen LogP contribution in [-0.4, -0.2) is 51.0 Å². The Morgan fingerprint density at radius 2 is 1.44 bits per heavy atom. The van der Waals surface area contributed by atoms with E-state index in [1.165, 1.54) is 10.4 Å². The number of nitrogens with zero attached hydrogens (tertiary/aromatic N) is 1. The number of hydrogen-bond donors (Lipinski definition) is 0. The van der Waals surface area contributed by atoms with Gasteiger partial charge < -0.3 is 9.16 Å². The van der Waals surface area contributed by atoms with Crippen molar-refractivity contribution in [3.05, 3.63) is 60.7 Å². The Morgan fingerprint density at radius 3 is 1.88 bits per heavy atom. The highest BCUT2D eigenvalue weighted by molar-refractivity contribution is 6.99. The molecule has 0 radical (unpaired) electrons. The number of ether oxygens (including phenoxy) is 1. The van der Waals surface area contributed by atoms with E-state index in [1.807, 2.05) is 27.8 Å². The summed E-state index contributed by atoms with van der Waals surface area (Å²) in [6, 6.07) is 21.2. The first kappa shape index (κ1) is 24.7. The third-order valence-corrected chi connectivity index (χ3v) is 11.3. The zero-order chi connectivity index (χ0) is 23.6. The summed E-state index contributed by atoms with van der Waals surface area (Å²) >= 11 is 0. The minimum Gasteiger partial charge on any atom is -0.459 e. The van der Waals surface area contributed by atoms with Gasteiger partial charge in [0, 0.05) is 13.2 Å². The molecule has 32 heavy (non-hydrogen) atoms. The fourth-order valence-electron chi connectivity index (χ4n) is 4.88. The molecule has 1 saturated heterocycles. The van der Waals surface area contributed by atoms with Gasteiger partial charge in [0.05, 0.1) is 0 Å². The number of esters is 1. The number of likely N-dealkylation sites (tertiary alicyclic amines) is 1. The standard InChI is InChI=1S/C27H39NO3Si/c1-26(2,3)31-25(29)24-18-21(19-28(24)7)20-30-32(27(4,5)6,22-14-10-8-11-15-22)23-16-12-9-13-17-23/h8-17,21,24H,18-20H2,1-7H3. The molecule has 0 aromatic heterocycles. The molecule has 1 aliphatic rings. The molecule has 1 fully saturated rings. The van der Waals surface area contributed by atoms with Crippen LogP contribution in [0, 0.1) is 5.92 Å². The van der Waals surface area contributed by atoms with Gasteiger partial charge in [-0.1, -0.05) is 81.4 Å². The van der Waals surface area contributed by atoms with Crippen molar-refractivity contribution in [2.45, 2.75) is 64.6 Å². The number of rotatable bonds is 6. The second-order valence-corrected chi connectivity index (χ2v) is 15.4. The normalized spacial score (nSPS) is 20.3. The lowest BCUT2D eigenvalue weighted by Crippen LogP contribution is -2.67. The van der Waals surface area contributed by atoms with E-state index in [-0.39, 0.29) is 17.0 Å². The van der Waals surface area contributed by atoms with Crippen LogP contribution in [0.25, 0.3) is 0 Å². The van der Waals surface area contributed by atoms with Crippen LogP contribution in [0.1, 0.15) is 48.0 Å². The Labute approximate surface area is 195 Å². The van der Waals surface area contributed by atoms with Crippen LogP contribution in [0.5, 0.6) is 0 Å². The third kappa shape index (κ3) is 5.33. The SMILES string of the molecule is CN1CC(CO[Si](c2ccccc2)(c2ccccc2)C(C)(C)C)CC1C(=O)OC(C)(C)C. The molecule has 0 spiro atoms. The number of hydrogen-bond acceptors (Lipinski definition) is 4. The molecule has 0 amide bonds. The average molecular weight is 454 g/mol. The Kier molecular flexibility index (Phi) is 7.33. The quantitative estimate of drug-likeness (QED) is 0.485. The van der Waals surface area contributed by atoms with Crippen molar-refractivity contribution in [3.8, 4) is 0 Å². The monoisotopic (exact) mass is 453 g/mol. The summed E-state index contributed by atoms with van der Waals surface area (Å²) in [6.07, 6.45) is 0.767. The average Bonchev–Trinajstić information content (AvgIpc) is 3.08. The Hall–Kier alpha value is -1.95. The molecule has 2 aromatic carbocycles. The van der Waals surface area contributed by atoms with Gasteiger partial charge in [-0.2, -0.15) is 0 Å². The molecular weight excluding hydrogens is 414 g/mol. The molecule has 2 aromatic rings. The summed E-state index contributed by atoms with van der Waals surface area (Å²) in [7, 11) is -0.550. The lowest BCUT2D eigenvalue weighted by Gasteiger charge is -2.43. The van der Waals surface area contributed by atoms with Gasteiger partial charge in [0.25, 0.3) is 8.32 Å². The summed E-state index contributed by atoms with van der Waals surface area (Å²) in [5.74, 6) is 0.159. The molecular formula is C27H39NO3Si. The first-order valence-electron chi connectivity index (χ1n) is 11.6. The predicted octanol–water partition coefficient (Wildman–Crippen LogP) is 4.23. The Morgan fingerprint density at radius 1 is 0.938 bits per heavy atom. The summed E-state index contributed by atoms with van der Waals surface area (Å²) < 4.78 is 12.8. The van der Waals surface area contributed by atoms with Crippen molar-refractivity contribution < 1.29 is 14.0 Å². The van der Waals surface area contributed by atoms with Crippen molar-refractivity contribution in [1.82, 2.24) is 4.90 Å². The smallest absolute Gasteiger partial charge is 0.323 e. The van der Waals surface area contributed by atoms with Crippen LogP contribution in [-0.2, 0) is 14.0 Å². The van der Waals surface area contributed by atoms with Crippen molar-refractivity contribution in [2.24, 2.45) is 5.92 Å². The Balaban J connectivity index is 1.87. The molecule has 0 bridgehead atoms. The van der Waals surface area contributed by atoms with Gasteiger partial charge in [0.15, 0.2) is 0 Å². The molecule has 0 aliphatic carbocycles. The maximum Gasteiger partial charge on any atom is 0.323 e. The molecule has 1 heterocycles. The number of likely N-dealkylation sites (N-methyl/N-ethyl adjacent to an activating group) is 1. The number of carbonyl (C=O) groups is 1. The van der Waals surface area contributed by atoms with Gasteiger partial charge in [-0.05, 0) is 55.6 Å². The van der Waals surface area contributed by atoms with E-state index in [0.29, 0.717) is 12.5 Å². The second kappa shape index (κ2) is 9.50. The highest BCUT2D eigenvalue weighted by Gasteiger charge is 2.51. The minimum absolute atomic E-state index is 0.0508. The van der Waals surface area contributed by atoms with Gasteiger partial charge in [0.1, 0.15) is 11.6 Å². The van der Waals surface area contributed by atoms with Crippen LogP contribution in [0.2, 0.25) is 5.04 Å². The van der Waals surface area contributed by atoms with E-state index >= 15 is 0 Å². The molecule has 1 aliphatic heterocycles. The maximum atomic E-state index is 12.7. The molecule has 0 saturated carbocycles. The zero-order valence-corrected chi connectivity index (χ0v) is 21.7. The van der Waals surface area contributed by atoms with Gasteiger partial charge in [-0.3, -0.25) is 9.69 Å². The highest BCUT2D eigenvalue weighted by atomic mass is 28.4. The van der Waals surface area contributed by atoms with E-state index in [2.05, 4.69) is 86.3 Å². The molecule has 2 atom stereocenters. The predicted molar refractivity (Wildman–Crippen MR) is 134 cm³/mol. The summed E-state index contributed by atoms with van der Waals surface area (Å²) in [5, 5.41) is 2.52. The fourth-order valence-corrected chi connectivity index (χ4v) is 9.52. The largest absolute Gasteiger partial charge is 0.459 e. The zero-order valence-electron chi connectivity index (χ0n) is 20.7. The number of carbonyl (C=O) groups excluding carboxylic acids is 1. The van der Waals surface area contributed by atoms with E-state index in [0.717, 1.165) is 13.0 Å². The van der Waals surface area contributed by atoms with Gasteiger partial charge in [-0.25, -0.2) is 0 Å². The van der Waals surface area contributed by atoms with Gasteiger partial charge in [-0.15, -0.1) is 0 Å². The van der Waals surface area contributed by atoms with E-state index in [4.69, 9.17) is 9.16 Å². The van der Waals surface area contributed by atoms with Crippen molar-refractivity contribution >= 4 is 24.7 Å². The first-order valence-corrected chi connectivity index (χ1v) is 13.5. The highest BCUT2D eigenvalue weighted by Crippen LogP contribution is 2.37. The molecule has 5 heteroatoms. The summed E-state index contributed by atoms with van der Waals surface area (Å²) in [6.45, 7) is 14.1. The Bertz CT molecular complexity index is 847. The van der Waals surface area contributed by atoms with Crippen molar-refractivity contribution in [1.29, 1.82) is 0 Å². The van der Waals surface area contributed by atoms with Gasteiger partial charge in [0.2, 0.25) is 0 Å². The first-order chi connectivity index (χ1) is 14.9. The topological polar surface area (TPSA) is 38.8 Å². The van der Waals surface area contributed by atoms with Crippen molar-refractivity contribution in [3.63, 3.8) is 0 Å². The summed E-state index contributed by atoms with van der Waals surface area (Å²) in [5.41, 5.74) is -0.471.